The number of oxime groups is 1. The number of methoxy groups -OCH3 is 3. The fourth-order valence-electron chi connectivity index (χ4n) is 6.97. The number of ether oxygens (including phenoxy) is 3. The van der Waals surface area contributed by atoms with E-state index >= 15 is 21.6 Å². The quantitative estimate of drug-likeness (QED) is 0.0526. The average Bonchev–Trinajstić information content (AvgIpc) is 3.68. The lowest BCUT2D eigenvalue weighted by Crippen LogP contribution is -2.33. The largest absolute Gasteiger partial charge is 0.497 e. The second kappa shape index (κ2) is 17.0. The van der Waals surface area contributed by atoms with E-state index in [0.717, 1.165) is 15.9 Å². The van der Waals surface area contributed by atoms with Gasteiger partial charge in [0.25, 0.3) is 0 Å². The van der Waals surface area contributed by atoms with Crippen molar-refractivity contribution in [3.8, 4) is 28.6 Å². The molecule has 0 unspecified atom stereocenters. The zero-order valence-electron chi connectivity index (χ0n) is 31.0. The molecule has 17 heteroatoms. The van der Waals surface area contributed by atoms with Crippen LogP contribution in [-0.2, 0) is 35.8 Å². The monoisotopic (exact) mass is 793 g/mol. The number of sulfonamides is 1. The van der Waals surface area contributed by atoms with Gasteiger partial charge in [-0.3, -0.25) is 0 Å². The SMILES string of the molecule is COc1ccc(CN(Cc2ccc(OC)cc2)S(=O)(=O)c2c(C(F)(F)F)ccc(C3CCC(/C(N)=N/O)CC3)c2-c2nnn(Cc3ccc(OC)cc3)n2)cc1. The van der Waals surface area contributed by atoms with Crippen LogP contribution in [0, 0.1) is 5.92 Å². The Labute approximate surface area is 322 Å². The van der Waals surface area contributed by atoms with Gasteiger partial charge in [0.15, 0.2) is 0 Å². The van der Waals surface area contributed by atoms with E-state index in [1.165, 1.54) is 32.2 Å². The Morgan fingerprint density at radius 2 is 1.32 bits per heavy atom. The highest BCUT2D eigenvalue weighted by atomic mass is 32.2. The van der Waals surface area contributed by atoms with Crippen LogP contribution in [0.4, 0.5) is 13.2 Å². The lowest BCUT2D eigenvalue weighted by molar-refractivity contribution is -0.139. The van der Waals surface area contributed by atoms with Gasteiger partial charge in [-0.05, 0) is 102 Å². The highest BCUT2D eigenvalue weighted by Gasteiger charge is 2.44. The van der Waals surface area contributed by atoms with Crippen LogP contribution in [0.3, 0.4) is 0 Å². The topological polar surface area (TPSA) is 167 Å². The lowest BCUT2D eigenvalue weighted by Gasteiger charge is -2.31. The molecule has 4 aromatic carbocycles. The highest BCUT2D eigenvalue weighted by molar-refractivity contribution is 7.89. The standard InChI is InChI=1S/C39H42F3N7O6S/c1-53-30-14-4-25(5-15-30)22-48(23-26-6-16-31(54-2)17-7-26)56(51,52)36-34(39(40,41)42)21-20-33(28-10-12-29(13-11-28)37(43)46-50)35(36)38-44-47-49(45-38)24-27-8-18-32(55-3)19-9-27/h4-9,14-21,28-29,50H,10-13,22-24H2,1-3H3,(H2,43,46). The Bertz CT molecular complexity index is 2190. The molecule has 13 nitrogen and oxygen atoms in total. The minimum absolute atomic E-state index is 0.0650. The number of aromatic nitrogens is 4. The number of tetrazole rings is 1. The van der Waals surface area contributed by atoms with Gasteiger partial charge in [-0.2, -0.15) is 22.3 Å². The van der Waals surface area contributed by atoms with E-state index in [2.05, 4.69) is 20.6 Å². The van der Waals surface area contributed by atoms with Crippen molar-refractivity contribution >= 4 is 15.9 Å². The molecule has 6 rings (SSSR count). The van der Waals surface area contributed by atoms with E-state index in [1.807, 2.05) is 0 Å². The van der Waals surface area contributed by atoms with Gasteiger partial charge in [0, 0.05) is 24.6 Å². The van der Waals surface area contributed by atoms with Crippen LogP contribution in [0.5, 0.6) is 17.2 Å². The minimum Gasteiger partial charge on any atom is -0.497 e. The summed E-state index contributed by atoms with van der Waals surface area (Å²) in [4.78, 5) is 0.242. The molecule has 296 valence electrons. The van der Waals surface area contributed by atoms with Gasteiger partial charge in [-0.1, -0.05) is 47.6 Å². The number of nitrogens with zero attached hydrogens (tertiary/aromatic N) is 6. The molecule has 56 heavy (non-hydrogen) atoms. The lowest BCUT2D eigenvalue weighted by atomic mass is 9.76. The van der Waals surface area contributed by atoms with Gasteiger partial charge in [-0.15, -0.1) is 10.2 Å². The number of rotatable bonds is 14. The van der Waals surface area contributed by atoms with E-state index in [9.17, 15) is 5.21 Å². The second-order valence-corrected chi connectivity index (χ2v) is 15.3. The normalized spacial score (nSPS) is 16.5. The molecular weight excluding hydrogens is 752 g/mol. The molecule has 0 radical (unpaired) electrons. The van der Waals surface area contributed by atoms with Gasteiger partial charge in [0.05, 0.1) is 33.4 Å². The van der Waals surface area contributed by atoms with Crippen LogP contribution >= 0.6 is 0 Å². The molecule has 1 saturated carbocycles. The van der Waals surface area contributed by atoms with Crippen molar-refractivity contribution in [3.05, 3.63) is 113 Å². The zero-order valence-corrected chi connectivity index (χ0v) is 31.8. The smallest absolute Gasteiger partial charge is 0.417 e. The first kappa shape index (κ1) is 40.0. The van der Waals surface area contributed by atoms with Crippen molar-refractivity contribution in [2.75, 3.05) is 21.3 Å². The van der Waals surface area contributed by atoms with Gasteiger partial charge >= 0.3 is 6.18 Å². The maximum Gasteiger partial charge on any atom is 0.417 e. The molecule has 1 aliphatic carbocycles. The molecule has 0 saturated heterocycles. The molecule has 1 aliphatic rings. The average molecular weight is 794 g/mol. The Balaban J connectivity index is 1.53. The molecule has 0 atom stereocenters. The summed E-state index contributed by atoms with van der Waals surface area (Å²) in [5.74, 6) is 0.816. The Morgan fingerprint density at radius 1 is 0.821 bits per heavy atom. The summed E-state index contributed by atoms with van der Waals surface area (Å²) in [5, 5.41) is 25.3. The number of benzene rings is 4. The Kier molecular flexibility index (Phi) is 12.1. The third kappa shape index (κ3) is 8.89. The van der Waals surface area contributed by atoms with E-state index in [0.29, 0.717) is 59.6 Å². The third-order valence-corrected chi connectivity index (χ3v) is 11.9. The fourth-order valence-corrected chi connectivity index (χ4v) is 8.80. The molecular formula is C39H42F3N7O6S. The molecule has 1 heterocycles. The first-order valence-electron chi connectivity index (χ1n) is 17.7. The van der Waals surface area contributed by atoms with Crippen LogP contribution in [0.15, 0.2) is 95.0 Å². The van der Waals surface area contributed by atoms with Gasteiger partial charge in [0.2, 0.25) is 15.8 Å². The van der Waals surface area contributed by atoms with Crippen LogP contribution in [-0.4, -0.2) is 65.3 Å². The molecule has 0 aliphatic heterocycles. The highest BCUT2D eigenvalue weighted by Crippen LogP contribution is 2.47. The molecule has 0 spiro atoms. The number of hydrogen-bond donors (Lipinski definition) is 2. The molecule has 1 aromatic heterocycles. The minimum atomic E-state index is -5.09. The maximum absolute atomic E-state index is 15.2. The summed E-state index contributed by atoms with van der Waals surface area (Å²) < 4.78 is 93.0. The second-order valence-electron chi connectivity index (χ2n) is 13.4. The first-order chi connectivity index (χ1) is 26.8. The summed E-state index contributed by atoms with van der Waals surface area (Å²) in [5.41, 5.74) is 6.38. The van der Waals surface area contributed by atoms with E-state index in [1.54, 1.807) is 72.8 Å². The van der Waals surface area contributed by atoms with Crippen molar-refractivity contribution in [1.29, 1.82) is 0 Å². The van der Waals surface area contributed by atoms with E-state index in [4.69, 9.17) is 19.9 Å². The summed E-state index contributed by atoms with van der Waals surface area (Å²) in [6, 6.07) is 22.4. The zero-order chi connectivity index (χ0) is 40.0. The van der Waals surface area contributed by atoms with Crippen LogP contribution < -0.4 is 19.9 Å². The predicted octanol–water partition coefficient (Wildman–Crippen LogP) is 6.84. The number of halogens is 3. The van der Waals surface area contributed by atoms with Crippen LogP contribution in [0.1, 0.15) is 59.4 Å². The van der Waals surface area contributed by atoms with E-state index in [-0.39, 0.29) is 42.8 Å². The number of hydrogen-bond acceptors (Lipinski definition) is 10. The summed E-state index contributed by atoms with van der Waals surface area (Å²) in [6.45, 7) is -0.455. The summed E-state index contributed by atoms with van der Waals surface area (Å²) in [6.07, 6.45) is -3.34. The summed E-state index contributed by atoms with van der Waals surface area (Å²) in [7, 11) is -0.500. The van der Waals surface area contributed by atoms with Crippen LogP contribution in [0.2, 0.25) is 0 Å². The Hall–Kier alpha value is -5.68. The maximum atomic E-state index is 15.2. The Morgan fingerprint density at radius 3 is 1.79 bits per heavy atom. The van der Waals surface area contributed by atoms with Gasteiger partial charge in [0.1, 0.15) is 28.0 Å². The van der Waals surface area contributed by atoms with Gasteiger partial charge in [-0.25, -0.2) is 8.42 Å². The summed E-state index contributed by atoms with van der Waals surface area (Å²) >= 11 is 0. The van der Waals surface area contributed by atoms with Crippen molar-refractivity contribution < 1.29 is 41.0 Å². The van der Waals surface area contributed by atoms with Crippen molar-refractivity contribution in [3.63, 3.8) is 0 Å². The van der Waals surface area contributed by atoms with Crippen molar-refractivity contribution in [1.82, 2.24) is 24.5 Å². The number of alkyl halides is 3. The third-order valence-electron chi connectivity index (χ3n) is 9.99. The fraction of sp³-hybridized carbons (Fsp3) is 0.333. The molecule has 0 bridgehead atoms. The predicted molar refractivity (Wildman–Crippen MR) is 201 cm³/mol. The van der Waals surface area contributed by atoms with E-state index < -0.39 is 32.6 Å². The molecule has 3 N–H and O–H groups in total. The number of nitrogens with two attached hydrogens (primary N) is 1. The number of amidine groups is 1. The van der Waals surface area contributed by atoms with Crippen molar-refractivity contribution in [2.24, 2.45) is 16.8 Å². The van der Waals surface area contributed by atoms with Crippen LogP contribution in [0.25, 0.3) is 11.4 Å². The van der Waals surface area contributed by atoms with Crippen molar-refractivity contribution in [2.45, 2.75) is 62.3 Å². The molecule has 1 fully saturated rings. The first-order valence-corrected chi connectivity index (χ1v) is 19.2. The van der Waals surface area contributed by atoms with Gasteiger partial charge < -0.3 is 25.2 Å². The molecule has 5 aromatic rings. The molecule has 0 amide bonds.